The van der Waals surface area contributed by atoms with Crippen molar-refractivity contribution in [3.8, 4) is 0 Å². The summed E-state index contributed by atoms with van der Waals surface area (Å²) >= 11 is 1.63. The number of aryl methyl sites for hydroxylation is 1. The van der Waals surface area contributed by atoms with Gasteiger partial charge in [-0.2, -0.15) is 11.3 Å². The highest BCUT2D eigenvalue weighted by atomic mass is 32.1. The van der Waals surface area contributed by atoms with E-state index in [1.165, 1.54) is 12.5 Å². The number of amides is 3. The van der Waals surface area contributed by atoms with Crippen LogP contribution >= 0.6 is 11.3 Å². The predicted molar refractivity (Wildman–Crippen MR) is 107 cm³/mol. The summed E-state index contributed by atoms with van der Waals surface area (Å²) in [7, 11) is 0. The fourth-order valence-corrected chi connectivity index (χ4v) is 3.93. The number of nitrogens with zero attached hydrogens (tertiary/aromatic N) is 1. The molecule has 1 aliphatic rings. The summed E-state index contributed by atoms with van der Waals surface area (Å²) in [5, 5.41) is 10.1. The minimum absolute atomic E-state index is 0.000570. The standard InChI is InChI=1S/C20H31N3O3S/c1-14(2)10-21-20(26)17-5-6-18(12-23(11-17)15(3)24)22-19(25)7-4-16-8-9-27-13-16/h8-9,13-14,17-18H,4-7,10-12H2,1-3H3,(H,21,26)(H,22,25)/t17-,18+/m1/s1. The molecule has 0 bridgehead atoms. The number of hydrogen-bond donors (Lipinski definition) is 2. The lowest BCUT2D eigenvalue weighted by molar-refractivity contribution is -0.132. The maximum atomic E-state index is 12.5. The van der Waals surface area contributed by atoms with Gasteiger partial charge in [0.25, 0.3) is 0 Å². The largest absolute Gasteiger partial charge is 0.356 e. The van der Waals surface area contributed by atoms with Crippen LogP contribution in [0.15, 0.2) is 16.8 Å². The van der Waals surface area contributed by atoms with Crippen LogP contribution in [0.4, 0.5) is 0 Å². The van der Waals surface area contributed by atoms with Gasteiger partial charge in [-0.05, 0) is 47.6 Å². The van der Waals surface area contributed by atoms with Gasteiger partial charge in [0.2, 0.25) is 17.7 Å². The third kappa shape index (κ3) is 7.33. The Morgan fingerprint density at radius 3 is 2.67 bits per heavy atom. The Balaban J connectivity index is 1.89. The summed E-state index contributed by atoms with van der Waals surface area (Å²) in [5.74, 6) is 0.104. The van der Waals surface area contributed by atoms with E-state index in [1.54, 1.807) is 16.2 Å². The Morgan fingerprint density at radius 1 is 1.26 bits per heavy atom. The average Bonchev–Trinajstić information content (AvgIpc) is 3.04. The Morgan fingerprint density at radius 2 is 2.04 bits per heavy atom. The smallest absolute Gasteiger partial charge is 0.224 e. The first-order valence-corrected chi connectivity index (χ1v) is 10.6. The van der Waals surface area contributed by atoms with Crippen molar-refractivity contribution < 1.29 is 14.4 Å². The van der Waals surface area contributed by atoms with Crippen LogP contribution in [0.25, 0.3) is 0 Å². The lowest BCUT2D eigenvalue weighted by atomic mass is 10.0. The molecule has 2 heterocycles. The van der Waals surface area contributed by atoms with Gasteiger partial charge in [0, 0.05) is 39.0 Å². The van der Waals surface area contributed by atoms with Crippen LogP contribution in [0.1, 0.15) is 45.6 Å². The molecular weight excluding hydrogens is 362 g/mol. The Kier molecular flexibility index (Phi) is 8.28. The van der Waals surface area contributed by atoms with E-state index in [2.05, 4.69) is 29.9 Å². The van der Waals surface area contributed by atoms with Crippen LogP contribution < -0.4 is 10.6 Å². The molecule has 1 fully saturated rings. The van der Waals surface area contributed by atoms with E-state index < -0.39 is 0 Å². The second-order valence-electron chi connectivity index (χ2n) is 7.73. The second-order valence-corrected chi connectivity index (χ2v) is 8.51. The molecule has 6 nitrogen and oxygen atoms in total. The molecule has 2 N–H and O–H groups in total. The van der Waals surface area contributed by atoms with E-state index in [4.69, 9.17) is 0 Å². The second kappa shape index (κ2) is 10.4. The predicted octanol–water partition coefficient (Wildman–Crippen LogP) is 2.20. The molecule has 3 amide bonds. The van der Waals surface area contributed by atoms with Gasteiger partial charge < -0.3 is 15.5 Å². The highest BCUT2D eigenvalue weighted by molar-refractivity contribution is 7.07. The molecule has 27 heavy (non-hydrogen) atoms. The minimum Gasteiger partial charge on any atom is -0.356 e. The van der Waals surface area contributed by atoms with Gasteiger partial charge in [-0.15, -0.1) is 0 Å². The Labute approximate surface area is 165 Å². The molecule has 1 aromatic rings. The molecule has 2 atom stereocenters. The average molecular weight is 394 g/mol. The highest BCUT2D eigenvalue weighted by Gasteiger charge is 2.30. The fourth-order valence-electron chi connectivity index (χ4n) is 3.22. The fraction of sp³-hybridized carbons (Fsp3) is 0.650. The molecule has 2 rings (SSSR count). The van der Waals surface area contributed by atoms with E-state index in [1.807, 2.05) is 11.4 Å². The zero-order valence-corrected chi connectivity index (χ0v) is 17.3. The van der Waals surface area contributed by atoms with Crippen LogP contribution in [0, 0.1) is 11.8 Å². The summed E-state index contributed by atoms with van der Waals surface area (Å²) in [6, 6.07) is 1.92. The topological polar surface area (TPSA) is 78.5 Å². The number of carbonyl (C=O) groups excluding carboxylic acids is 3. The van der Waals surface area contributed by atoms with Crippen molar-refractivity contribution in [1.29, 1.82) is 0 Å². The lowest BCUT2D eigenvalue weighted by Crippen LogP contribution is -2.45. The van der Waals surface area contributed by atoms with E-state index in [0.29, 0.717) is 44.8 Å². The first kappa shape index (κ1) is 21.4. The number of rotatable bonds is 7. The molecule has 0 spiro atoms. The summed E-state index contributed by atoms with van der Waals surface area (Å²) in [6.45, 7) is 7.14. The normalized spacial score (nSPS) is 20.2. The molecule has 0 unspecified atom stereocenters. The molecule has 0 aromatic carbocycles. The number of thiophene rings is 1. The number of hydrogen-bond acceptors (Lipinski definition) is 4. The maximum absolute atomic E-state index is 12.5. The van der Waals surface area contributed by atoms with Crippen molar-refractivity contribution in [2.75, 3.05) is 19.6 Å². The molecule has 1 aromatic heterocycles. The third-order valence-electron chi connectivity index (χ3n) is 4.83. The van der Waals surface area contributed by atoms with E-state index in [-0.39, 0.29) is 29.7 Å². The number of nitrogens with one attached hydrogen (secondary N) is 2. The quantitative estimate of drug-likeness (QED) is 0.745. The molecule has 0 radical (unpaired) electrons. The van der Waals surface area contributed by atoms with Gasteiger partial charge in [0.05, 0.1) is 5.92 Å². The first-order valence-electron chi connectivity index (χ1n) is 9.68. The SMILES string of the molecule is CC(=O)N1C[C@@H](NC(=O)CCc2ccsc2)CC[C@@H](C(=O)NCC(C)C)C1. The van der Waals surface area contributed by atoms with Gasteiger partial charge in [-0.3, -0.25) is 14.4 Å². The van der Waals surface area contributed by atoms with E-state index in [0.717, 1.165) is 6.42 Å². The van der Waals surface area contributed by atoms with Crippen LogP contribution in [-0.2, 0) is 20.8 Å². The van der Waals surface area contributed by atoms with Crippen molar-refractivity contribution in [1.82, 2.24) is 15.5 Å². The third-order valence-corrected chi connectivity index (χ3v) is 5.56. The lowest BCUT2D eigenvalue weighted by Gasteiger charge is -2.25. The summed E-state index contributed by atoms with van der Waals surface area (Å²) in [6.07, 6.45) is 2.53. The van der Waals surface area contributed by atoms with E-state index in [9.17, 15) is 14.4 Å². The van der Waals surface area contributed by atoms with Gasteiger partial charge >= 0.3 is 0 Å². The zero-order valence-electron chi connectivity index (χ0n) is 16.5. The highest BCUT2D eigenvalue weighted by Crippen LogP contribution is 2.18. The molecule has 0 saturated carbocycles. The van der Waals surface area contributed by atoms with Crippen LogP contribution in [0.3, 0.4) is 0 Å². The van der Waals surface area contributed by atoms with Crippen molar-refractivity contribution in [2.45, 2.75) is 52.5 Å². The van der Waals surface area contributed by atoms with Crippen molar-refractivity contribution in [3.63, 3.8) is 0 Å². The van der Waals surface area contributed by atoms with Crippen LogP contribution in [0.2, 0.25) is 0 Å². The molecular formula is C20H31N3O3S. The van der Waals surface area contributed by atoms with Crippen molar-refractivity contribution in [2.24, 2.45) is 11.8 Å². The van der Waals surface area contributed by atoms with Gasteiger partial charge in [-0.1, -0.05) is 13.8 Å². The number of likely N-dealkylation sites (tertiary alicyclic amines) is 1. The van der Waals surface area contributed by atoms with Crippen molar-refractivity contribution in [3.05, 3.63) is 22.4 Å². The maximum Gasteiger partial charge on any atom is 0.224 e. The van der Waals surface area contributed by atoms with Crippen LogP contribution in [0.5, 0.6) is 0 Å². The molecule has 150 valence electrons. The molecule has 1 aliphatic heterocycles. The summed E-state index contributed by atoms with van der Waals surface area (Å²) in [4.78, 5) is 38.4. The summed E-state index contributed by atoms with van der Waals surface area (Å²) < 4.78 is 0. The van der Waals surface area contributed by atoms with Gasteiger partial charge in [0.15, 0.2) is 0 Å². The minimum atomic E-state index is -0.222. The van der Waals surface area contributed by atoms with Gasteiger partial charge in [0.1, 0.15) is 0 Å². The van der Waals surface area contributed by atoms with Gasteiger partial charge in [-0.25, -0.2) is 0 Å². The molecule has 0 aliphatic carbocycles. The Hall–Kier alpha value is -1.89. The molecule has 7 heteroatoms. The van der Waals surface area contributed by atoms with E-state index >= 15 is 0 Å². The number of carbonyl (C=O) groups is 3. The zero-order chi connectivity index (χ0) is 19.8. The molecule has 1 saturated heterocycles. The first-order chi connectivity index (χ1) is 12.8. The van der Waals surface area contributed by atoms with Crippen LogP contribution in [-0.4, -0.2) is 48.3 Å². The monoisotopic (exact) mass is 393 g/mol. The van der Waals surface area contributed by atoms with Crippen molar-refractivity contribution >= 4 is 29.1 Å². The Bertz CT molecular complexity index is 630. The summed E-state index contributed by atoms with van der Waals surface area (Å²) in [5.41, 5.74) is 1.17.